The number of benzene rings is 2. The molecule has 2 aromatic carbocycles. The van der Waals surface area contributed by atoms with Crippen molar-refractivity contribution in [3.05, 3.63) is 61.9 Å². The SMILES string of the molecule is COc1ccc(CC(O)c2ccc(I)c(Cl)c2)cc1F. The van der Waals surface area contributed by atoms with Crippen LogP contribution in [0.3, 0.4) is 0 Å². The van der Waals surface area contributed by atoms with Crippen LogP contribution in [0.15, 0.2) is 36.4 Å². The molecule has 20 heavy (non-hydrogen) atoms. The molecule has 0 aliphatic rings. The summed E-state index contributed by atoms with van der Waals surface area (Å²) in [6, 6.07) is 10.1. The Kier molecular flexibility index (Phi) is 5.23. The molecular weight excluding hydrogens is 394 g/mol. The van der Waals surface area contributed by atoms with Gasteiger partial charge in [0.2, 0.25) is 0 Å². The maximum absolute atomic E-state index is 13.6. The summed E-state index contributed by atoms with van der Waals surface area (Å²) in [5.74, 6) is -0.238. The maximum Gasteiger partial charge on any atom is 0.165 e. The van der Waals surface area contributed by atoms with Gasteiger partial charge >= 0.3 is 0 Å². The average Bonchev–Trinajstić information content (AvgIpc) is 2.42. The zero-order valence-corrected chi connectivity index (χ0v) is 13.7. The van der Waals surface area contributed by atoms with Crippen LogP contribution < -0.4 is 4.74 Å². The van der Waals surface area contributed by atoms with E-state index in [0.717, 1.165) is 3.57 Å². The van der Waals surface area contributed by atoms with E-state index in [9.17, 15) is 9.50 Å². The van der Waals surface area contributed by atoms with Gasteiger partial charge in [-0.15, -0.1) is 0 Å². The van der Waals surface area contributed by atoms with Gasteiger partial charge in [-0.3, -0.25) is 0 Å². The Labute approximate surface area is 135 Å². The molecule has 1 unspecified atom stereocenters. The molecule has 1 atom stereocenters. The van der Waals surface area contributed by atoms with E-state index < -0.39 is 11.9 Å². The van der Waals surface area contributed by atoms with E-state index in [4.69, 9.17) is 16.3 Å². The van der Waals surface area contributed by atoms with E-state index in [1.807, 2.05) is 12.1 Å². The predicted molar refractivity (Wildman–Crippen MR) is 85.8 cm³/mol. The molecule has 0 bridgehead atoms. The van der Waals surface area contributed by atoms with Crippen LogP contribution in [0.25, 0.3) is 0 Å². The molecule has 0 amide bonds. The molecule has 0 saturated heterocycles. The summed E-state index contributed by atoms with van der Waals surface area (Å²) in [5, 5.41) is 10.8. The lowest BCUT2D eigenvalue weighted by Gasteiger charge is -2.13. The second-order valence-corrected chi connectivity index (χ2v) is 5.93. The second-order valence-electron chi connectivity index (χ2n) is 4.36. The van der Waals surface area contributed by atoms with Crippen molar-refractivity contribution in [3.63, 3.8) is 0 Å². The molecule has 0 spiro atoms. The average molecular weight is 407 g/mol. The van der Waals surface area contributed by atoms with Crippen molar-refractivity contribution >= 4 is 34.2 Å². The number of rotatable bonds is 4. The van der Waals surface area contributed by atoms with E-state index in [1.165, 1.54) is 13.2 Å². The van der Waals surface area contributed by atoms with E-state index in [2.05, 4.69) is 22.6 Å². The Morgan fingerprint density at radius 1 is 1.30 bits per heavy atom. The zero-order chi connectivity index (χ0) is 14.7. The van der Waals surface area contributed by atoms with Gasteiger partial charge in [0.15, 0.2) is 11.6 Å². The Morgan fingerprint density at radius 3 is 2.65 bits per heavy atom. The Balaban J connectivity index is 2.16. The van der Waals surface area contributed by atoms with Crippen LogP contribution in [0.5, 0.6) is 5.75 Å². The third kappa shape index (κ3) is 3.62. The van der Waals surface area contributed by atoms with E-state index in [-0.39, 0.29) is 5.75 Å². The first-order valence-electron chi connectivity index (χ1n) is 5.96. The standard InChI is InChI=1S/C15H13ClFIO2/c1-20-15-5-2-9(6-12(15)17)7-14(19)10-3-4-13(18)11(16)8-10/h2-6,8,14,19H,7H2,1H3. The summed E-state index contributed by atoms with van der Waals surface area (Å²) in [7, 11) is 1.42. The Morgan fingerprint density at radius 2 is 2.05 bits per heavy atom. The minimum Gasteiger partial charge on any atom is -0.494 e. The molecule has 0 aromatic heterocycles. The maximum atomic E-state index is 13.6. The minimum absolute atomic E-state index is 0.195. The van der Waals surface area contributed by atoms with Crippen molar-refractivity contribution in [2.75, 3.05) is 7.11 Å². The van der Waals surface area contributed by atoms with E-state index in [1.54, 1.807) is 18.2 Å². The molecule has 0 radical (unpaired) electrons. The van der Waals surface area contributed by atoms with Crippen molar-refractivity contribution in [1.82, 2.24) is 0 Å². The highest BCUT2D eigenvalue weighted by atomic mass is 127. The third-order valence-corrected chi connectivity index (χ3v) is 4.55. The van der Waals surface area contributed by atoms with Crippen LogP contribution in [0.1, 0.15) is 17.2 Å². The normalized spacial score (nSPS) is 12.2. The summed E-state index contributed by atoms with van der Waals surface area (Å²) < 4.78 is 19.4. The summed E-state index contributed by atoms with van der Waals surface area (Å²) >= 11 is 8.15. The van der Waals surface area contributed by atoms with Gasteiger partial charge in [-0.05, 0) is 58.0 Å². The topological polar surface area (TPSA) is 29.5 Å². The third-order valence-electron chi connectivity index (χ3n) is 2.97. The van der Waals surface area contributed by atoms with E-state index in [0.29, 0.717) is 22.6 Å². The van der Waals surface area contributed by atoms with Crippen LogP contribution in [0.4, 0.5) is 4.39 Å². The quantitative estimate of drug-likeness (QED) is 0.764. The molecular formula is C15H13ClFIO2. The molecule has 0 aliphatic carbocycles. The first-order valence-corrected chi connectivity index (χ1v) is 7.42. The Hall–Kier alpha value is -0.850. The fourth-order valence-electron chi connectivity index (χ4n) is 1.90. The summed E-state index contributed by atoms with van der Waals surface area (Å²) in [4.78, 5) is 0. The fraction of sp³-hybridized carbons (Fsp3) is 0.200. The van der Waals surface area contributed by atoms with Crippen molar-refractivity contribution in [2.24, 2.45) is 0 Å². The highest BCUT2D eigenvalue weighted by molar-refractivity contribution is 14.1. The Bertz CT molecular complexity index is 619. The fourth-order valence-corrected chi connectivity index (χ4v) is 2.42. The zero-order valence-electron chi connectivity index (χ0n) is 10.7. The lowest BCUT2D eigenvalue weighted by molar-refractivity contribution is 0.178. The van der Waals surface area contributed by atoms with Crippen molar-refractivity contribution in [3.8, 4) is 5.75 Å². The number of halogens is 3. The van der Waals surface area contributed by atoms with Gasteiger partial charge in [0, 0.05) is 9.99 Å². The second kappa shape index (κ2) is 6.74. The monoisotopic (exact) mass is 406 g/mol. The van der Waals surface area contributed by atoms with Gasteiger partial charge in [-0.2, -0.15) is 0 Å². The molecule has 106 valence electrons. The van der Waals surface area contributed by atoms with Crippen LogP contribution in [0.2, 0.25) is 5.02 Å². The first-order chi connectivity index (χ1) is 9.51. The summed E-state index contributed by atoms with van der Waals surface area (Å²) in [6.45, 7) is 0. The summed E-state index contributed by atoms with van der Waals surface area (Å²) in [6.07, 6.45) is -0.407. The number of ether oxygens (including phenoxy) is 1. The predicted octanol–water partition coefficient (Wildman–Crippen LogP) is 4.37. The molecule has 0 aliphatic heterocycles. The van der Waals surface area contributed by atoms with Crippen molar-refractivity contribution < 1.29 is 14.2 Å². The van der Waals surface area contributed by atoms with Crippen LogP contribution in [0, 0.1) is 9.39 Å². The molecule has 0 saturated carbocycles. The number of hydrogen-bond donors (Lipinski definition) is 1. The number of aliphatic hydroxyl groups excluding tert-OH is 1. The highest BCUT2D eigenvalue weighted by Gasteiger charge is 2.12. The molecule has 2 nitrogen and oxygen atoms in total. The molecule has 0 fully saturated rings. The molecule has 2 aromatic rings. The smallest absolute Gasteiger partial charge is 0.165 e. The number of aliphatic hydroxyl groups is 1. The molecule has 5 heteroatoms. The molecule has 0 heterocycles. The van der Waals surface area contributed by atoms with Crippen LogP contribution >= 0.6 is 34.2 Å². The number of methoxy groups -OCH3 is 1. The lowest BCUT2D eigenvalue weighted by atomic mass is 10.0. The van der Waals surface area contributed by atoms with Gasteiger partial charge in [-0.25, -0.2) is 4.39 Å². The van der Waals surface area contributed by atoms with Gasteiger partial charge in [0.1, 0.15) is 0 Å². The first kappa shape index (κ1) is 15.5. The molecule has 1 N–H and O–H groups in total. The number of hydrogen-bond acceptors (Lipinski definition) is 2. The van der Waals surface area contributed by atoms with Gasteiger partial charge in [-0.1, -0.05) is 23.7 Å². The lowest BCUT2D eigenvalue weighted by Crippen LogP contribution is -2.03. The van der Waals surface area contributed by atoms with Crippen molar-refractivity contribution in [1.29, 1.82) is 0 Å². The largest absolute Gasteiger partial charge is 0.494 e. The van der Waals surface area contributed by atoms with Gasteiger partial charge in [0.05, 0.1) is 18.2 Å². The van der Waals surface area contributed by atoms with Gasteiger partial charge < -0.3 is 9.84 Å². The molecule has 2 rings (SSSR count). The van der Waals surface area contributed by atoms with E-state index >= 15 is 0 Å². The van der Waals surface area contributed by atoms with Crippen LogP contribution in [-0.4, -0.2) is 12.2 Å². The highest BCUT2D eigenvalue weighted by Crippen LogP contribution is 2.26. The summed E-state index contributed by atoms with van der Waals surface area (Å²) in [5.41, 5.74) is 1.41. The van der Waals surface area contributed by atoms with Crippen molar-refractivity contribution in [2.45, 2.75) is 12.5 Å². The van der Waals surface area contributed by atoms with Gasteiger partial charge in [0.25, 0.3) is 0 Å². The van der Waals surface area contributed by atoms with Crippen LogP contribution in [-0.2, 0) is 6.42 Å². The minimum atomic E-state index is -0.725.